The van der Waals surface area contributed by atoms with Crippen molar-refractivity contribution >= 4 is 0 Å². The van der Waals surface area contributed by atoms with Crippen molar-refractivity contribution in [2.24, 2.45) is 0 Å². The Balaban J connectivity index is 0.000000126. The zero-order valence-electron chi connectivity index (χ0n) is 15.7. The smallest absolute Gasteiger partial charge is 0.150 e. The summed E-state index contributed by atoms with van der Waals surface area (Å²) in [5, 5.41) is 16.6. The highest BCUT2D eigenvalue weighted by Crippen LogP contribution is 2.38. The predicted molar refractivity (Wildman–Crippen MR) is 94.0 cm³/mol. The van der Waals surface area contributed by atoms with E-state index in [1.165, 1.54) is 25.1 Å². The molecule has 0 N–H and O–H groups in total. The molecule has 8 nitrogen and oxygen atoms in total. The average molecular weight is 344 g/mol. The zero-order valence-corrected chi connectivity index (χ0v) is 15.7. The second-order valence-electron chi connectivity index (χ2n) is 7.53. The standard InChI is InChI=1S/C9H14N4.C8H14N4/c1-6-10-11-9-8-4-3-7(12(8)2)5-13(6)9;1-7-9-10-8-6-11(2)4-3-5-12(7)8/h7-8H,3-5H2,1-2H3;3-6H2,1-2H3. The van der Waals surface area contributed by atoms with Crippen molar-refractivity contribution < 1.29 is 0 Å². The van der Waals surface area contributed by atoms with Gasteiger partial charge in [-0.05, 0) is 47.2 Å². The number of aromatic nitrogens is 6. The summed E-state index contributed by atoms with van der Waals surface area (Å²) in [6.07, 6.45) is 3.76. The fourth-order valence-electron chi connectivity index (χ4n) is 4.28. The summed E-state index contributed by atoms with van der Waals surface area (Å²) in [5.41, 5.74) is 0. The molecule has 0 saturated carbocycles. The molecule has 2 bridgehead atoms. The summed E-state index contributed by atoms with van der Waals surface area (Å²) in [4.78, 5) is 4.73. The summed E-state index contributed by atoms with van der Waals surface area (Å²) in [7, 11) is 4.33. The number of likely N-dealkylation sites (N-methyl/N-ethyl adjacent to an activating group) is 1. The van der Waals surface area contributed by atoms with Gasteiger partial charge in [-0.15, -0.1) is 20.4 Å². The summed E-state index contributed by atoms with van der Waals surface area (Å²) < 4.78 is 4.49. The third-order valence-corrected chi connectivity index (χ3v) is 5.84. The molecule has 0 aromatic carbocycles. The molecule has 136 valence electrons. The first-order valence-corrected chi connectivity index (χ1v) is 9.23. The number of hydrogen-bond acceptors (Lipinski definition) is 6. The molecule has 25 heavy (non-hydrogen) atoms. The number of hydrogen-bond donors (Lipinski definition) is 0. The highest BCUT2D eigenvalue weighted by molar-refractivity contribution is 5.09. The molecule has 1 saturated heterocycles. The lowest BCUT2D eigenvalue weighted by atomic mass is 10.2. The van der Waals surface area contributed by atoms with E-state index in [2.05, 4.69) is 53.4 Å². The quantitative estimate of drug-likeness (QED) is 0.714. The van der Waals surface area contributed by atoms with Crippen LogP contribution < -0.4 is 0 Å². The molecule has 5 heterocycles. The van der Waals surface area contributed by atoms with Gasteiger partial charge in [-0.2, -0.15) is 0 Å². The Hall–Kier alpha value is -1.80. The molecule has 3 aliphatic heterocycles. The van der Waals surface area contributed by atoms with E-state index in [0.717, 1.165) is 43.7 Å². The Labute approximate surface area is 148 Å². The number of aryl methyl sites for hydroxylation is 2. The van der Waals surface area contributed by atoms with E-state index in [0.29, 0.717) is 12.1 Å². The summed E-state index contributed by atoms with van der Waals surface area (Å²) in [6, 6.07) is 1.24. The van der Waals surface area contributed by atoms with Gasteiger partial charge in [0.15, 0.2) is 0 Å². The predicted octanol–water partition coefficient (Wildman–Crippen LogP) is 1.16. The largest absolute Gasteiger partial charge is 0.314 e. The van der Waals surface area contributed by atoms with Crippen molar-refractivity contribution in [3.05, 3.63) is 23.3 Å². The molecule has 5 rings (SSSR count). The second kappa shape index (κ2) is 6.49. The maximum Gasteiger partial charge on any atom is 0.150 e. The van der Waals surface area contributed by atoms with Gasteiger partial charge in [-0.25, -0.2) is 0 Å². The monoisotopic (exact) mass is 344 g/mol. The Kier molecular flexibility index (Phi) is 4.33. The topological polar surface area (TPSA) is 67.9 Å². The summed E-state index contributed by atoms with van der Waals surface area (Å²) in [5.74, 6) is 4.39. The van der Waals surface area contributed by atoms with Gasteiger partial charge in [0, 0.05) is 25.7 Å². The first-order chi connectivity index (χ1) is 12.0. The minimum absolute atomic E-state index is 0.528. The molecule has 0 aliphatic carbocycles. The van der Waals surface area contributed by atoms with Crippen LogP contribution in [0, 0.1) is 13.8 Å². The first kappa shape index (κ1) is 16.7. The van der Waals surface area contributed by atoms with Gasteiger partial charge in [-0.1, -0.05) is 0 Å². The van der Waals surface area contributed by atoms with Crippen molar-refractivity contribution in [1.82, 2.24) is 39.3 Å². The van der Waals surface area contributed by atoms with E-state index in [9.17, 15) is 0 Å². The van der Waals surface area contributed by atoms with Crippen LogP contribution in [-0.2, 0) is 19.6 Å². The van der Waals surface area contributed by atoms with Crippen LogP contribution in [0.5, 0.6) is 0 Å². The van der Waals surface area contributed by atoms with Crippen LogP contribution in [0.4, 0.5) is 0 Å². The number of fused-ring (bicyclic) bond motifs is 5. The van der Waals surface area contributed by atoms with Crippen molar-refractivity contribution in [3.8, 4) is 0 Å². The molecule has 8 heteroatoms. The Morgan fingerprint density at radius 2 is 1.64 bits per heavy atom. The van der Waals surface area contributed by atoms with Crippen LogP contribution in [0.25, 0.3) is 0 Å². The molecule has 0 spiro atoms. The molecule has 1 fully saturated rings. The van der Waals surface area contributed by atoms with Crippen LogP contribution >= 0.6 is 0 Å². The van der Waals surface area contributed by atoms with Crippen molar-refractivity contribution in [3.63, 3.8) is 0 Å². The highest BCUT2D eigenvalue weighted by Gasteiger charge is 2.39. The van der Waals surface area contributed by atoms with E-state index < -0.39 is 0 Å². The SMILES string of the molecule is Cc1nnc2n1CC1CCC2N1C.Cc1nnc2n1CCCN(C)C2. The normalized spacial score (nSPS) is 25.8. The van der Waals surface area contributed by atoms with Crippen molar-refractivity contribution in [1.29, 1.82) is 0 Å². The van der Waals surface area contributed by atoms with Crippen LogP contribution in [0.15, 0.2) is 0 Å². The third kappa shape index (κ3) is 2.97. The van der Waals surface area contributed by atoms with Crippen LogP contribution in [0.2, 0.25) is 0 Å². The van der Waals surface area contributed by atoms with Gasteiger partial charge in [-0.3, -0.25) is 9.80 Å². The van der Waals surface area contributed by atoms with E-state index in [-0.39, 0.29) is 0 Å². The second-order valence-corrected chi connectivity index (χ2v) is 7.53. The summed E-state index contributed by atoms with van der Waals surface area (Å²) in [6.45, 7) is 8.30. The van der Waals surface area contributed by atoms with Gasteiger partial charge < -0.3 is 9.13 Å². The number of rotatable bonds is 0. The fourth-order valence-corrected chi connectivity index (χ4v) is 4.28. The average Bonchev–Trinajstić information content (AvgIpc) is 3.13. The van der Waals surface area contributed by atoms with Gasteiger partial charge in [0.05, 0.1) is 12.6 Å². The van der Waals surface area contributed by atoms with Gasteiger partial charge in [0.25, 0.3) is 0 Å². The lowest BCUT2D eigenvalue weighted by molar-refractivity contribution is 0.181. The van der Waals surface area contributed by atoms with Crippen molar-refractivity contribution in [2.75, 3.05) is 20.6 Å². The Bertz CT molecular complexity index is 748. The third-order valence-electron chi connectivity index (χ3n) is 5.84. The van der Waals surface area contributed by atoms with Gasteiger partial charge in [0.2, 0.25) is 0 Å². The Morgan fingerprint density at radius 3 is 2.48 bits per heavy atom. The lowest BCUT2D eigenvalue weighted by Gasteiger charge is -2.31. The highest BCUT2D eigenvalue weighted by atomic mass is 15.4. The molecular formula is C17H28N8. The fraction of sp³-hybridized carbons (Fsp3) is 0.765. The van der Waals surface area contributed by atoms with E-state index in [1.807, 2.05) is 13.8 Å². The van der Waals surface area contributed by atoms with Gasteiger partial charge in [0.1, 0.15) is 23.3 Å². The molecule has 3 aliphatic rings. The first-order valence-electron chi connectivity index (χ1n) is 9.23. The molecule has 2 atom stereocenters. The van der Waals surface area contributed by atoms with Gasteiger partial charge >= 0.3 is 0 Å². The minimum atomic E-state index is 0.528. The number of nitrogens with zero attached hydrogens (tertiary/aromatic N) is 8. The summed E-state index contributed by atoms with van der Waals surface area (Å²) >= 11 is 0. The maximum atomic E-state index is 4.26. The Morgan fingerprint density at radius 1 is 0.880 bits per heavy atom. The van der Waals surface area contributed by atoms with Crippen LogP contribution in [0.1, 0.15) is 48.6 Å². The molecule has 2 unspecified atom stereocenters. The minimum Gasteiger partial charge on any atom is -0.314 e. The maximum absolute atomic E-state index is 4.26. The molecule has 2 aromatic rings. The van der Waals surface area contributed by atoms with E-state index in [1.54, 1.807) is 0 Å². The molecule has 0 radical (unpaired) electrons. The van der Waals surface area contributed by atoms with Crippen LogP contribution in [-0.4, -0.2) is 66.0 Å². The van der Waals surface area contributed by atoms with Crippen molar-refractivity contribution in [2.45, 2.75) is 64.8 Å². The molecule has 0 amide bonds. The lowest BCUT2D eigenvalue weighted by Crippen LogP contribution is -2.37. The molecular weight excluding hydrogens is 316 g/mol. The van der Waals surface area contributed by atoms with Crippen LogP contribution in [0.3, 0.4) is 0 Å². The van der Waals surface area contributed by atoms with E-state index in [4.69, 9.17) is 0 Å². The molecule has 2 aromatic heterocycles. The van der Waals surface area contributed by atoms with E-state index >= 15 is 0 Å². The zero-order chi connectivity index (χ0) is 17.6.